The van der Waals surface area contributed by atoms with Gasteiger partial charge in [0.05, 0.1) is 17.6 Å². The molecule has 4 nitrogen and oxygen atoms in total. The highest BCUT2D eigenvalue weighted by atomic mass is 16.4. The van der Waals surface area contributed by atoms with Crippen molar-refractivity contribution < 1.29 is 9.90 Å². The molecule has 0 aliphatic heterocycles. The lowest BCUT2D eigenvalue weighted by Crippen LogP contribution is -2.07. The van der Waals surface area contributed by atoms with Gasteiger partial charge in [-0.2, -0.15) is 5.26 Å². The van der Waals surface area contributed by atoms with Gasteiger partial charge in [-0.15, -0.1) is 0 Å². The van der Waals surface area contributed by atoms with Gasteiger partial charge in [-0.25, -0.2) is 0 Å². The van der Waals surface area contributed by atoms with Crippen LogP contribution in [-0.4, -0.2) is 11.1 Å². The number of nitrogens with zero attached hydrogens (tertiary/aromatic N) is 1. The number of aliphatic carboxylic acids is 1. The average molecular weight is 280 g/mol. The van der Waals surface area contributed by atoms with Crippen molar-refractivity contribution in [3.63, 3.8) is 0 Å². The van der Waals surface area contributed by atoms with Crippen molar-refractivity contribution in [2.75, 3.05) is 5.32 Å². The van der Waals surface area contributed by atoms with Gasteiger partial charge < -0.3 is 10.4 Å². The molecule has 1 atom stereocenters. The van der Waals surface area contributed by atoms with Crippen LogP contribution in [0.5, 0.6) is 0 Å². The van der Waals surface area contributed by atoms with Crippen LogP contribution in [0.25, 0.3) is 0 Å². The molecule has 1 unspecified atom stereocenters. The third-order valence-corrected chi connectivity index (χ3v) is 3.36. The number of carboxylic acids is 1. The Morgan fingerprint density at radius 3 is 2.33 bits per heavy atom. The van der Waals surface area contributed by atoms with E-state index in [-0.39, 0.29) is 0 Å². The van der Waals surface area contributed by atoms with Crippen molar-refractivity contribution in [2.45, 2.75) is 19.4 Å². The first kappa shape index (κ1) is 14.6. The highest BCUT2D eigenvalue weighted by molar-refractivity contribution is 5.75. The van der Waals surface area contributed by atoms with E-state index in [2.05, 4.69) is 11.4 Å². The summed E-state index contributed by atoms with van der Waals surface area (Å²) < 4.78 is 0. The van der Waals surface area contributed by atoms with Gasteiger partial charge in [0.2, 0.25) is 0 Å². The minimum absolute atomic E-state index is 0.495. The number of hydrogen-bond donors (Lipinski definition) is 2. The Labute approximate surface area is 123 Å². The quantitative estimate of drug-likeness (QED) is 0.880. The Kier molecular flexibility index (Phi) is 4.57. The lowest BCUT2D eigenvalue weighted by Gasteiger charge is -2.09. The molecular formula is C17H16N2O2. The van der Waals surface area contributed by atoms with Crippen LogP contribution in [0.4, 0.5) is 5.69 Å². The Bertz CT molecular complexity index is 655. The van der Waals surface area contributed by atoms with Gasteiger partial charge in [-0.3, -0.25) is 4.79 Å². The van der Waals surface area contributed by atoms with Crippen LogP contribution in [0, 0.1) is 11.3 Å². The number of anilines is 1. The summed E-state index contributed by atoms with van der Waals surface area (Å²) >= 11 is 0. The molecule has 0 radical (unpaired) electrons. The largest absolute Gasteiger partial charge is 0.481 e. The molecular weight excluding hydrogens is 264 g/mol. The van der Waals surface area contributed by atoms with E-state index < -0.39 is 11.9 Å². The second kappa shape index (κ2) is 6.58. The first-order valence-corrected chi connectivity index (χ1v) is 6.66. The van der Waals surface area contributed by atoms with Gasteiger partial charge in [-0.1, -0.05) is 24.3 Å². The van der Waals surface area contributed by atoms with E-state index in [1.165, 1.54) is 0 Å². The fraction of sp³-hybridized carbons (Fsp3) is 0.176. The second-order valence-electron chi connectivity index (χ2n) is 4.84. The lowest BCUT2D eigenvalue weighted by molar-refractivity contribution is -0.138. The summed E-state index contributed by atoms with van der Waals surface area (Å²) in [4.78, 5) is 10.9. The number of benzene rings is 2. The summed E-state index contributed by atoms with van der Waals surface area (Å²) in [5, 5.41) is 21.0. The molecule has 0 fully saturated rings. The third kappa shape index (κ3) is 3.83. The first-order valence-electron chi connectivity index (χ1n) is 6.66. The van der Waals surface area contributed by atoms with Gasteiger partial charge in [0.15, 0.2) is 0 Å². The molecule has 0 saturated carbocycles. The smallest absolute Gasteiger partial charge is 0.310 e. The molecule has 0 aliphatic rings. The van der Waals surface area contributed by atoms with E-state index in [9.17, 15) is 4.79 Å². The van der Waals surface area contributed by atoms with Crippen LogP contribution < -0.4 is 5.32 Å². The monoisotopic (exact) mass is 280 g/mol. The summed E-state index contributed by atoms with van der Waals surface area (Å²) in [6.07, 6.45) is 0. The van der Waals surface area contributed by atoms with Crippen molar-refractivity contribution in [2.24, 2.45) is 0 Å². The molecule has 4 heteroatoms. The molecule has 2 rings (SSSR count). The number of nitriles is 1. The minimum atomic E-state index is -0.821. The van der Waals surface area contributed by atoms with Gasteiger partial charge in [0.1, 0.15) is 0 Å². The van der Waals surface area contributed by atoms with Crippen LogP contribution in [0.3, 0.4) is 0 Å². The Morgan fingerprint density at radius 2 is 1.81 bits per heavy atom. The topological polar surface area (TPSA) is 73.1 Å². The molecule has 106 valence electrons. The third-order valence-electron chi connectivity index (χ3n) is 3.36. The fourth-order valence-electron chi connectivity index (χ4n) is 1.93. The standard InChI is InChI=1S/C17H16N2O2/c1-12(17(20)21)15-6-2-14(3-7-15)11-19-16-8-4-13(10-18)5-9-16/h2-9,12,19H,11H2,1H3,(H,20,21). The molecule has 0 heterocycles. The molecule has 2 aromatic carbocycles. The van der Waals surface area contributed by atoms with Crippen LogP contribution >= 0.6 is 0 Å². The van der Waals surface area contributed by atoms with Gasteiger partial charge in [0, 0.05) is 12.2 Å². The molecule has 2 aromatic rings. The van der Waals surface area contributed by atoms with Crippen molar-refractivity contribution >= 4 is 11.7 Å². The number of carbonyl (C=O) groups is 1. The maximum atomic E-state index is 10.9. The molecule has 0 spiro atoms. The van der Waals surface area contributed by atoms with Gasteiger partial charge in [0.25, 0.3) is 0 Å². The van der Waals surface area contributed by atoms with Crippen LogP contribution in [0.15, 0.2) is 48.5 Å². The number of carboxylic acid groups (broad SMARTS) is 1. The summed E-state index contributed by atoms with van der Waals surface area (Å²) in [6.45, 7) is 2.32. The maximum Gasteiger partial charge on any atom is 0.310 e. The molecule has 0 aliphatic carbocycles. The minimum Gasteiger partial charge on any atom is -0.481 e. The van der Waals surface area contributed by atoms with Crippen LogP contribution in [0.2, 0.25) is 0 Å². The fourth-order valence-corrected chi connectivity index (χ4v) is 1.93. The normalized spacial score (nSPS) is 11.4. The van der Waals surface area contributed by atoms with Crippen molar-refractivity contribution in [1.29, 1.82) is 5.26 Å². The van der Waals surface area contributed by atoms with Gasteiger partial charge >= 0.3 is 5.97 Å². The molecule has 0 amide bonds. The molecule has 21 heavy (non-hydrogen) atoms. The van der Waals surface area contributed by atoms with Crippen molar-refractivity contribution in [1.82, 2.24) is 0 Å². The maximum absolute atomic E-state index is 10.9. The Balaban J connectivity index is 1.97. The Morgan fingerprint density at radius 1 is 1.19 bits per heavy atom. The predicted molar refractivity (Wildman–Crippen MR) is 81.0 cm³/mol. The molecule has 0 saturated heterocycles. The number of rotatable bonds is 5. The highest BCUT2D eigenvalue weighted by Gasteiger charge is 2.12. The first-order chi connectivity index (χ1) is 10.1. The zero-order valence-electron chi connectivity index (χ0n) is 11.7. The molecule has 0 aromatic heterocycles. The lowest BCUT2D eigenvalue weighted by atomic mass is 10.00. The Hall–Kier alpha value is -2.80. The van der Waals surface area contributed by atoms with E-state index in [1.807, 2.05) is 36.4 Å². The average Bonchev–Trinajstić information content (AvgIpc) is 2.53. The number of hydrogen-bond acceptors (Lipinski definition) is 3. The molecule has 0 bridgehead atoms. The summed E-state index contributed by atoms with van der Waals surface area (Å²) in [5.74, 6) is -1.32. The zero-order valence-corrected chi connectivity index (χ0v) is 11.7. The summed E-state index contributed by atoms with van der Waals surface area (Å²) in [7, 11) is 0. The number of nitrogens with one attached hydrogen (secondary N) is 1. The van der Waals surface area contributed by atoms with E-state index >= 15 is 0 Å². The second-order valence-corrected chi connectivity index (χ2v) is 4.84. The highest BCUT2D eigenvalue weighted by Crippen LogP contribution is 2.17. The van der Waals surface area contributed by atoms with E-state index in [0.717, 1.165) is 16.8 Å². The van der Waals surface area contributed by atoms with Crippen molar-refractivity contribution in [3.8, 4) is 6.07 Å². The van der Waals surface area contributed by atoms with Gasteiger partial charge in [-0.05, 0) is 42.3 Å². The van der Waals surface area contributed by atoms with E-state index in [4.69, 9.17) is 10.4 Å². The van der Waals surface area contributed by atoms with E-state index in [1.54, 1.807) is 19.1 Å². The molecule has 2 N–H and O–H groups in total. The van der Waals surface area contributed by atoms with Crippen LogP contribution in [-0.2, 0) is 11.3 Å². The predicted octanol–water partition coefficient (Wildman–Crippen LogP) is 3.36. The van der Waals surface area contributed by atoms with Crippen molar-refractivity contribution in [3.05, 3.63) is 65.2 Å². The summed E-state index contributed by atoms with van der Waals surface area (Å²) in [6, 6.07) is 16.9. The van der Waals surface area contributed by atoms with E-state index in [0.29, 0.717) is 12.1 Å². The summed E-state index contributed by atoms with van der Waals surface area (Å²) in [5.41, 5.74) is 3.44. The SMILES string of the molecule is CC(C(=O)O)c1ccc(CNc2ccc(C#N)cc2)cc1. The zero-order chi connectivity index (χ0) is 15.2. The van der Waals surface area contributed by atoms with Crippen LogP contribution in [0.1, 0.15) is 29.5 Å².